The van der Waals surface area contributed by atoms with Crippen molar-refractivity contribution in [2.45, 2.75) is 17.9 Å². The highest BCUT2D eigenvalue weighted by atomic mass is 35.5. The van der Waals surface area contributed by atoms with Gasteiger partial charge in [-0.05, 0) is 59.6 Å². The van der Waals surface area contributed by atoms with E-state index in [1.807, 2.05) is 19.1 Å². The van der Waals surface area contributed by atoms with Gasteiger partial charge in [0.15, 0.2) is 4.90 Å². The Morgan fingerprint density at radius 2 is 1.94 bits per heavy atom. The van der Waals surface area contributed by atoms with Crippen LogP contribution in [0, 0.1) is 6.92 Å². The van der Waals surface area contributed by atoms with Gasteiger partial charge in [-0.1, -0.05) is 23.7 Å². The van der Waals surface area contributed by atoms with Crippen LogP contribution in [-0.2, 0) is 27.8 Å². The van der Waals surface area contributed by atoms with Crippen LogP contribution < -0.4 is 5.32 Å². The summed E-state index contributed by atoms with van der Waals surface area (Å²) in [5, 5.41) is 14.0. The summed E-state index contributed by atoms with van der Waals surface area (Å²) in [5.74, 6) is -1.16. The number of ether oxygens (including phenoxy) is 1. The third-order valence-electron chi connectivity index (χ3n) is 5.00. The minimum Gasteiger partial charge on any atom is -0.611 e. The van der Waals surface area contributed by atoms with Gasteiger partial charge in [0.05, 0.1) is 30.3 Å². The highest BCUT2D eigenvalue weighted by molar-refractivity contribution is 7.92. The van der Waals surface area contributed by atoms with Gasteiger partial charge in [0.2, 0.25) is 5.75 Å². The number of hydrogen-bond donors (Lipinski definition) is 2. The molecule has 0 fully saturated rings. The Bertz CT molecular complexity index is 1110. The van der Waals surface area contributed by atoms with E-state index in [0.29, 0.717) is 21.2 Å². The van der Waals surface area contributed by atoms with Gasteiger partial charge >= 0.3 is 5.97 Å². The number of hydrogen-bond acceptors (Lipinski definition) is 5. The number of esters is 1. The molecule has 9 heteroatoms. The predicted octanol–water partition coefficient (Wildman–Crippen LogP) is 2.88. The lowest BCUT2D eigenvalue weighted by atomic mass is 10.1. The highest BCUT2D eigenvalue weighted by Gasteiger charge is 2.21. The molecule has 0 bridgehead atoms. The van der Waals surface area contributed by atoms with E-state index in [1.54, 1.807) is 41.9 Å². The molecular formula is C22H23ClN2O5S. The first-order valence-electron chi connectivity index (χ1n) is 9.47. The zero-order chi connectivity index (χ0) is 22.7. The molecule has 1 amide bonds. The summed E-state index contributed by atoms with van der Waals surface area (Å²) >= 11 is 4.79. The minimum atomic E-state index is -1.53. The molecule has 1 heterocycles. The number of carbonyl (C=O) groups excluding carboxylic acids is 2. The van der Waals surface area contributed by atoms with E-state index >= 15 is 0 Å². The van der Waals surface area contributed by atoms with Gasteiger partial charge in [-0.15, -0.1) is 0 Å². The summed E-state index contributed by atoms with van der Waals surface area (Å²) < 4.78 is 18.5. The molecule has 3 aromatic rings. The van der Waals surface area contributed by atoms with Crippen LogP contribution in [-0.4, -0.2) is 45.6 Å². The van der Waals surface area contributed by atoms with E-state index < -0.39 is 23.2 Å². The van der Waals surface area contributed by atoms with Crippen LogP contribution in [0.25, 0.3) is 10.9 Å². The fourth-order valence-electron chi connectivity index (χ4n) is 3.30. The van der Waals surface area contributed by atoms with Crippen LogP contribution in [0.5, 0.6) is 0 Å². The zero-order valence-corrected chi connectivity index (χ0v) is 18.9. The van der Waals surface area contributed by atoms with E-state index in [0.717, 1.165) is 16.5 Å². The second kappa shape index (κ2) is 9.74. The smallest absolute Gasteiger partial charge is 0.356 e. The molecule has 0 saturated heterocycles. The monoisotopic (exact) mass is 462 g/mol. The fourth-order valence-corrected chi connectivity index (χ4v) is 4.57. The molecule has 0 saturated carbocycles. The minimum absolute atomic E-state index is 0.237. The number of nitrogens with one attached hydrogen (secondary N) is 1. The first kappa shape index (κ1) is 23.1. The lowest BCUT2D eigenvalue weighted by molar-refractivity contribution is -0.137. The fraction of sp³-hybridized carbons (Fsp3) is 0.273. The van der Waals surface area contributed by atoms with Crippen molar-refractivity contribution in [3.05, 3.63) is 64.3 Å². The van der Waals surface area contributed by atoms with Crippen molar-refractivity contribution in [2.75, 3.05) is 19.5 Å². The molecule has 31 heavy (non-hydrogen) atoms. The van der Waals surface area contributed by atoms with E-state index in [9.17, 15) is 19.2 Å². The van der Waals surface area contributed by atoms with Gasteiger partial charge in [0.1, 0.15) is 5.69 Å². The maximum atomic E-state index is 12.9. The standard InChI is InChI=1S/C22H23ClN2O5S/c1-13-8-17(23)16-10-20(25(2)19(16)9-13)22(28)24-18(11-26)14-4-6-15(7-5-14)31(29)12-21(27)30-3/h4-10,18,26H,11-12H2,1-3H3,(H,24,28)/t18?,31-/m1/s1. The summed E-state index contributed by atoms with van der Waals surface area (Å²) in [6, 6.07) is 11.4. The molecule has 0 aliphatic rings. The molecule has 1 unspecified atom stereocenters. The van der Waals surface area contributed by atoms with Crippen molar-refractivity contribution in [1.82, 2.24) is 9.88 Å². The average Bonchev–Trinajstić information content (AvgIpc) is 3.08. The van der Waals surface area contributed by atoms with Gasteiger partial charge in [-0.3, -0.25) is 4.79 Å². The first-order valence-corrected chi connectivity index (χ1v) is 11.2. The normalized spacial score (nSPS) is 13.1. The van der Waals surface area contributed by atoms with Crippen molar-refractivity contribution in [3.63, 3.8) is 0 Å². The number of methoxy groups -OCH3 is 1. The number of aliphatic hydroxyl groups is 1. The number of nitrogens with zero attached hydrogens (tertiary/aromatic N) is 1. The van der Waals surface area contributed by atoms with Crippen LogP contribution in [0.15, 0.2) is 47.4 Å². The molecular weight excluding hydrogens is 440 g/mol. The number of benzene rings is 2. The summed E-state index contributed by atoms with van der Waals surface area (Å²) in [6.45, 7) is 1.61. The summed E-state index contributed by atoms with van der Waals surface area (Å²) in [5.41, 5.74) is 2.88. The maximum Gasteiger partial charge on any atom is 0.356 e. The Hall–Kier alpha value is -2.52. The van der Waals surface area contributed by atoms with E-state index in [4.69, 9.17) is 11.6 Å². The van der Waals surface area contributed by atoms with Crippen molar-refractivity contribution < 1.29 is 24.0 Å². The zero-order valence-electron chi connectivity index (χ0n) is 17.3. The third kappa shape index (κ3) is 5.04. The van der Waals surface area contributed by atoms with Gasteiger partial charge in [-0.25, -0.2) is 4.79 Å². The van der Waals surface area contributed by atoms with Gasteiger partial charge in [0, 0.05) is 12.4 Å². The van der Waals surface area contributed by atoms with Crippen LogP contribution in [0.3, 0.4) is 0 Å². The number of fused-ring (bicyclic) bond motifs is 1. The predicted molar refractivity (Wildman–Crippen MR) is 120 cm³/mol. The van der Waals surface area contributed by atoms with Crippen LogP contribution in [0.2, 0.25) is 5.02 Å². The van der Waals surface area contributed by atoms with Crippen LogP contribution in [0.4, 0.5) is 0 Å². The molecule has 164 valence electrons. The van der Waals surface area contributed by atoms with E-state index in [2.05, 4.69) is 10.1 Å². The Morgan fingerprint density at radius 1 is 1.26 bits per heavy atom. The summed E-state index contributed by atoms with van der Waals surface area (Å²) in [7, 11) is 3.02. The largest absolute Gasteiger partial charge is 0.611 e. The van der Waals surface area contributed by atoms with E-state index in [-0.39, 0.29) is 18.3 Å². The van der Waals surface area contributed by atoms with Crippen LogP contribution >= 0.6 is 11.6 Å². The Kier molecular flexibility index (Phi) is 7.27. The van der Waals surface area contributed by atoms with Gasteiger partial charge in [0.25, 0.3) is 5.91 Å². The van der Waals surface area contributed by atoms with Crippen molar-refractivity contribution in [2.24, 2.45) is 7.05 Å². The van der Waals surface area contributed by atoms with Gasteiger partial charge in [-0.2, -0.15) is 0 Å². The Balaban J connectivity index is 1.79. The number of aromatic nitrogens is 1. The van der Waals surface area contributed by atoms with Crippen molar-refractivity contribution in [1.29, 1.82) is 0 Å². The first-order chi connectivity index (χ1) is 14.7. The van der Waals surface area contributed by atoms with Crippen molar-refractivity contribution >= 4 is 45.6 Å². The molecule has 2 aromatic carbocycles. The topological polar surface area (TPSA) is 104 Å². The SMILES string of the molecule is COC(=O)C[S@@+]([O-])c1ccc(C(CO)NC(=O)c2cc3c(Cl)cc(C)cc3n2C)cc1. The second-order valence-electron chi connectivity index (χ2n) is 7.11. The number of rotatable bonds is 7. The number of carbonyl (C=O) groups is 2. The molecule has 7 nitrogen and oxygen atoms in total. The maximum absolute atomic E-state index is 12.9. The lowest BCUT2D eigenvalue weighted by Gasteiger charge is -2.18. The molecule has 2 N–H and O–H groups in total. The summed E-state index contributed by atoms with van der Waals surface area (Å²) in [6.07, 6.45) is 0. The molecule has 2 atom stereocenters. The number of aliphatic hydroxyl groups excluding tert-OH is 1. The molecule has 0 radical (unpaired) electrons. The molecule has 3 rings (SSSR count). The second-order valence-corrected chi connectivity index (χ2v) is 8.97. The summed E-state index contributed by atoms with van der Waals surface area (Å²) in [4.78, 5) is 24.7. The Labute approximate surface area is 188 Å². The number of halogens is 1. The molecule has 0 aliphatic carbocycles. The van der Waals surface area contributed by atoms with Gasteiger partial charge < -0.3 is 24.3 Å². The average molecular weight is 463 g/mol. The third-order valence-corrected chi connectivity index (χ3v) is 6.61. The van der Waals surface area contributed by atoms with Crippen LogP contribution in [0.1, 0.15) is 27.7 Å². The number of amides is 1. The molecule has 0 aliphatic heterocycles. The molecule has 1 aromatic heterocycles. The lowest BCUT2D eigenvalue weighted by Crippen LogP contribution is -2.32. The Morgan fingerprint density at radius 3 is 2.55 bits per heavy atom. The van der Waals surface area contributed by atoms with E-state index in [1.165, 1.54) is 7.11 Å². The number of aryl methyl sites for hydroxylation is 2. The molecule has 0 spiro atoms. The van der Waals surface area contributed by atoms with Crippen molar-refractivity contribution in [3.8, 4) is 0 Å². The highest BCUT2D eigenvalue weighted by Crippen LogP contribution is 2.28. The quantitative estimate of drug-likeness (QED) is 0.415.